The molecule has 0 saturated heterocycles. The van der Waals surface area contributed by atoms with Gasteiger partial charge in [0.05, 0.1) is 0 Å². The summed E-state index contributed by atoms with van der Waals surface area (Å²) in [6, 6.07) is -0.0915. The lowest BCUT2D eigenvalue weighted by Gasteiger charge is -2.05. The van der Waals surface area contributed by atoms with Crippen molar-refractivity contribution >= 4 is 14.0 Å². The molecule has 54 valence electrons. The van der Waals surface area contributed by atoms with Crippen LogP contribution < -0.4 is 10.6 Å². The summed E-state index contributed by atoms with van der Waals surface area (Å²) in [6.45, 7) is 4.23. The average molecular weight is 148 g/mol. The third-order valence-corrected chi connectivity index (χ3v) is 1.57. The first kappa shape index (κ1) is 8.70. The summed E-state index contributed by atoms with van der Waals surface area (Å²) in [6.07, 6.45) is 0.801. The zero-order valence-electron chi connectivity index (χ0n) is 6.06. The third kappa shape index (κ3) is 5.57. The number of carbonyl (C=O) groups excluding carboxylic acids is 1. The molecule has 2 N–H and O–H groups in total. The quantitative estimate of drug-likeness (QED) is 0.553. The third-order valence-electron chi connectivity index (χ3n) is 0.783. The molecule has 9 heavy (non-hydrogen) atoms. The minimum atomic E-state index is -0.0915. The summed E-state index contributed by atoms with van der Waals surface area (Å²) in [5.74, 6) is 0. The van der Waals surface area contributed by atoms with Gasteiger partial charge in [0.25, 0.3) is 0 Å². The van der Waals surface area contributed by atoms with Crippen LogP contribution in [0.1, 0.15) is 0 Å². The molecule has 2 amide bonds. The van der Waals surface area contributed by atoms with Gasteiger partial charge in [-0.15, -0.1) is 0 Å². The van der Waals surface area contributed by atoms with Crippen molar-refractivity contribution in [2.24, 2.45) is 0 Å². The van der Waals surface area contributed by atoms with Gasteiger partial charge in [0.2, 0.25) is 0 Å². The van der Waals surface area contributed by atoms with E-state index in [0.717, 1.165) is 6.29 Å². The van der Waals surface area contributed by atoms with E-state index in [-0.39, 0.29) is 14.0 Å². The lowest BCUT2D eigenvalue weighted by molar-refractivity contribution is 0.244. The Morgan fingerprint density at radius 3 is 2.44 bits per heavy atom. The standard InChI is InChI=1S/C5H13N2OP/c1-6-5(8)7-4-9(2)3/h4H2,1-3H3,(H2,6,7,8). The SMILES string of the molecule is CNC(=O)NCP(C)C. The molecule has 0 aromatic rings. The molecule has 0 aliphatic rings. The predicted octanol–water partition coefficient (Wildman–Crippen LogP) is 0.614. The Balaban J connectivity index is 3.17. The maximum absolute atomic E-state index is 10.5. The van der Waals surface area contributed by atoms with Crippen LogP contribution >= 0.6 is 7.92 Å². The van der Waals surface area contributed by atoms with E-state index in [1.54, 1.807) is 7.05 Å². The molecule has 0 spiro atoms. The highest BCUT2D eigenvalue weighted by atomic mass is 31.1. The summed E-state index contributed by atoms with van der Waals surface area (Å²) >= 11 is 0. The summed E-state index contributed by atoms with van der Waals surface area (Å²) in [4.78, 5) is 10.5. The fourth-order valence-electron chi connectivity index (χ4n) is 0.318. The second-order valence-electron chi connectivity index (χ2n) is 1.99. The number of carbonyl (C=O) groups is 1. The Bertz CT molecular complexity index is 95.0. The van der Waals surface area contributed by atoms with Gasteiger partial charge in [-0.25, -0.2) is 4.79 Å². The molecule has 0 aromatic heterocycles. The van der Waals surface area contributed by atoms with E-state index in [0.29, 0.717) is 0 Å². The fraction of sp³-hybridized carbons (Fsp3) is 0.800. The van der Waals surface area contributed by atoms with Crippen LogP contribution in [0.2, 0.25) is 0 Å². The summed E-state index contributed by atoms with van der Waals surface area (Å²) in [5.41, 5.74) is 0. The highest BCUT2D eigenvalue weighted by Crippen LogP contribution is 2.20. The number of amides is 2. The minimum Gasteiger partial charge on any atom is -0.341 e. The first-order valence-electron chi connectivity index (χ1n) is 2.77. The summed E-state index contributed by atoms with van der Waals surface area (Å²) in [7, 11) is 1.60. The molecule has 4 heteroatoms. The zero-order chi connectivity index (χ0) is 7.28. The minimum absolute atomic E-state index is 0.0106. The smallest absolute Gasteiger partial charge is 0.314 e. The Morgan fingerprint density at radius 1 is 1.56 bits per heavy atom. The van der Waals surface area contributed by atoms with Crippen LogP contribution in [-0.2, 0) is 0 Å². The monoisotopic (exact) mass is 148 g/mol. The number of urea groups is 1. The van der Waals surface area contributed by atoms with Crippen molar-refractivity contribution in [1.82, 2.24) is 10.6 Å². The Hall–Kier alpha value is -0.300. The molecule has 3 nitrogen and oxygen atoms in total. The summed E-state index contributed by atoms with van der Waals surface area (Å²) < 4.78 is 0. The Kier molecular flexibility index (Phi) is 4.41. The molecule has 0 atom stereocenters. The van der Waals surface area contributed by atoms with E-state index in [9.17, 15) is 4.79 Å². The lowest BCUT2D eigenvalue weighted by Crippen LogP contribution is -2.32. The predicted molar refractivity (Wildman–Crippen MR) is 41.2 cm³/mol. The van der Waals surface area contributed by atoms with Gasteiger partial charge in [0, 0.05) is 13.3 Å². The largest absolute Gasteiger partial charge is 0.341 e. The lowest BCUT2D eigenvalue weighted by atomic mass is 11.0. The van der Waals surface area contributed by atoms with E-state index in [4.69, 9.17) is 0 Å². The van der Waals surface area contributed by atoms with Crippen LogP contribution in [0.15, 0.2) is 0 Å². The van der Waals surface area contributed by atoms with E-state index in [1.165, 1.54) is 0 Å². The molecule has 0 heterocycles. The van der Waals surface area contributed by atoms with Crippen LogP contribution in [0.25, 0.3) is 0 Å². The van der Waals surface area contributed by atoms with Crippen molar-refractivity contribution in [3.05, 3.63) is 0 Å². The van der Waals surface area contributed by atoms with Crippen LogP contribution in [0.5, 0.6) is 0 Å². The Labute approximate surface area is 57.0 Å². The highest BCUT2D eigenvalue weighted by molar-refractivity contribution is 7.55. The zero-order valence-corrected chi connectivity index (χ0v) is 6.96. The number of rotatable bonds is 2. The van der Waals surface area contributed by atoms with E-state index < -0.39 is 0 Å². The van der Waals surface area contributed by atoms with Gasteiger partial charge in [-0.2, -0.15) is 0 Å². The maximum Gasteiger partial charge on any atom is 0.314 e. The Morgan fingerprint density at radius 2 is 2.11 bits per heavy atom. The van der Waals surface area contributed by atoms with Crippen molar-refractivity contribution in [2.75, 3.05) is 26.7 Å². The molecular formula is C5H13N2OP. The van der Waals surface area contributed by atoms with Crippen LogP contribution in [0, 0.1) is 0 Å². The molecule has 0 rings (SSSR count). The molecule has 0 aliphatic carbocycles. The maximum atomic E-state index is 10.5. The van der Waals surface area contributed by atoms with Gasteiger partial charge in [-0.05, 0) is 13.3 Å². The van der Waals surface area contributed by atoms with Crippen LogP contribution in [-0.4, -0.2) is 32.7 Å². The molecule has 0 bridgehead atoms. The fourth-order valence-corrected chi connectivity index (χ4v) is 0.778. The van der Waals surface area contributed by atoms with Gasteiger partial charge in [0.15, 0.2) is 0 Å². The van der Waals surface area contributed by atoms with E-state index in [2.05, 4.69) is 24.0 Å². The molecular weight excluding hydrogens is 135 g/mol. The first-order chi connectivity index (χ1) is 4.16. The first-order valence-corrected chi connectivity index (χ1v) is 5.19. The summed E-state index contributed by atoms with van der Waals surface area (Å²) in [5, 5.41) is 5.19. The normalized spacial score (nSPS) is 9.33. The molecule has 0 fully saturated rings. The number of nitrogens with one attached hydrogen (secondary N) is 2. The van der Waals surface area contributed by atoms with Crippen molar-refractivity contribution < 1.29 is 4.79 Å². The average Bonchev–Trinajstić information content (AvgIpc) is 1.83. The highest BCUT2D eigenvalue weighted by Gasteiger charge is 1.95. The topological polar surface area (TPSA) is 41.1 Å². The van der Waals surface area contributed by atoms with Crippen molar-refractivity contribution in [2.45, 2.75) is 0 Å². The van der Waals surface area contributed by atoms with E-state index >= 15 is 0 Å². The van der Waals surface area contributed by atoms with Crippen molar-refractivity contribution in [1.29, 1.82) is 0 Å². The van der Waals surface area contributed by atoms with Gasteiger partial charge in [-0.1, -0.05) is 7.92 Å². The number of hydrogen-bond donors (Lipinski definition) is 2. The van der Waals surface area contributed by atoms with Gasteiger partial charge in [0.1, 0.15) is 0 Å². The van der Waals surface area contributed by atoms with Crippen molar-refractivity contribution in [3.8, 4) is 0 Å². The molecule has 0 radical (unpaired) electrons. The molecule has 0 aromatic carbocycles. The molecule has 0 aliphatic heterocycles. The van der Waals surface area contributed by atoms with E-state index in [1.807, 2.05) is 0 Å². The van der Waals surface area contributed by atoms with Crippen LogP contribution in [0.3, 0.4) is 0 Å². The molecule has 0 saturated carbocycles. The van der Waals surface area contributed by atoms with Gasteiger partial charge >= 0.3 is 6.03 Å². The van der Waals surface area contributed by atoms with Crippen LogP contribution in [0.4, 0.5) is 4.79 Å². The van der Waals surface area contributed by atoms with Gasteiger partial charge in [-0.3, -0.25) is 0 Å². The van der Waals surface area contributed by atoms with Crippen molar-refractivity contribution in [3.63, 3.8) is 0 Å². The molecule has 0 unspecified atom stereocenters. The van der Waals surface area contributed by atoms with Gasteiger partial charge < -0.3 is 10.6 Å². The number of hydrogen-bond acceptors (Lipinski definition) is 1. The second kappa shape index (κ2) is 4.57. The second-order valence-corrected chi connectivity index (χ2v) is 4.47.